The molecule has 0 aromatic carbocycles. The number of thioether (sulfide) groups is 5. The maximum atomic E-state index is 12.4. The number of nitrogens with zero attached hydrogens (tertiary/aromatic N) is 3. The van der Waals surface area contributed by atoms with Crippen molar-refractivity contribution in [2.45, 2.75) is 95.0 Å². The number of esters is 3. The molecule has 0 spiro atoms. The van der Waals surface area contributed by atoms with Crippen LogP contribution in [0.4, 0.5) is 0 Å². The molecular weight excluding hydrogens is 795 g/mol. The topological polar surface area (TPSA) is 147 Å². The van der Waals surface area contributed by atoms with Crippen LogP contribution in [0, 0.1) is 28.6 Å². The summed E-state index contributed by atoms with van der Waals surface area (Å²) in [5.74, 6) is 0.829. The van der Waals surface area contributed by atoms with Crippen molar-refractivity contribution in [3.05, 3.63) is 0 Å². The predicted octanol–water partition coefficient (Wildman–Crippen LogP) is 7.71. The van der Waals surface area contributed by atoms with Gasteiger partial charge in [-0.2, -0.15) is 10.5 Å². The third-order valence-electron chi connectivity index (χ3n) is 6.88. The van der Waals surface area contributed by atoms with Crippen molar-refractivity contribution in [3.63, 3.8) is 0 Å². The van der Waals surface area contributed by atoms with E-state index in [2.05, 4.69) is 12.1 Å². The number of hydrogen-bond acceptors (Lipinski definition) is 17. The van der Waals surface area contributed by atoms with E-state index in [9.17, 15) is 29.7 Å². The molecule has 278 valence electrons. The second-order valence-corrected chi connectivity index (χ2v) is 21.1. The predicted molar refractivity (Wildman–Crippen MR) is 219 cm³/mol. The highest BCUT2D eigenvalue weighted by Gasteiger charge is 2.29. The van der Waals surface area contributed by atoms with Crippen LogP contribution in [0.5, 0.6) is 0 Å². The van der Waals surface area contributed by atoms with Crippen LogP contribution in [0.25, 0.3) is 0 Å². The molecule has 10 nitrogen and oxygen atoms in total. The third kappa shape index (κ3) is 20.8. The summed E-state index contributed by atoms with van der Waals surface area (Å²) in [6, 6.07) is 4.48. The fourth-order valence-corrected chi connectivity index (χ4v) is 10.9. The second kappa shape index (κ2) is 25.8. The van der Waals surface area contributed by atoms with Crippen molar-refractivity contribution < 1.29 is 33.4 Å². The van der Waals surface area contributed by atoms with E-state index < -0.39 is 15.5 Å². The van der Waals surface area contributed by atoms with Crippen molar-refractivity contribution in [2.24, 2.45) is 5.92 Å². The number of hydrogen-bond donors (Lipinski definition) is 0. The van der Waals surface area contributed by atoms with Crippen LogP contribution in [0.3, 0.4) is 0 Å². The average molecular weight is 840 g/mol. The van der Waals surface area contributed by atoms with E-state index in [4.69, 9.17) is 50.9 Å². The van der Waals surface area contributed by atoms with Crippen molar-refractivity contribution in [3.8, 4) is 12.1 Å². The summed E-state index contributed by atoms with van der Waals surface area (Å²) in [7, 11) is 0. The maximum absolute atomic E-state index is 12.4. The van der Waals surface area contributed by atoms with Crippen LogP contribution in [0.2, 0.25) is 0 Å². The van der Waals surface area contributed by atoms with Gasteiger partial charge in [-0.05, 0) is 51.7 Å². The third-order valence-corrected chi connectivity index (χ3v) is 13.8. The molecule has 0 bridgehead atoms. The number of rotatable bonds is 22. The number of ether oxygens (including phenoxy) is 3. The lowest BCUT2D eigenvalue weighted by molar-refractivity contribution is -0.149. The van der Waals surface area contributed by atoms with Gasteiger partial charge < -0.3 is 14.2 Å². The molecule has 1 saturated heterocycles. The Hall–Kier alpha value is -1.12. The van der Waals surface area contributed by atoms with Crippen molar-refractivity contribution in [1.29, 1.82) is 10.5 Å². The summed E-state index contributed by atoms with van der Waals surface area (Å²) in [4.78, 5) is 50.4. The van der Waals surface area contributed by atoms with Gasteiger partial charge in [0.15, 0.2) is 0 Å². The van der Waals surface area contributed by atoms with Crippen LogP contribution >= 0.6 is 95.5 Å². The maximum Gasteiger partial charge on any atom is 0.305 e. The summed E-state index contributed by atoms with van der Waals surface area (Å²) in [5.41, 5.74) is 0. The van der Waals surface area contributed by atoms with Crippen LogP contribution in [-0.2, 0) is 33.4 Å². The lowest BCUT2D eigenvalue weighted by Crippen LogP contribution is -2.30. The SMILES string of the molecule is CCSC(=S)SC(C)(C#N)CCC(=O)OCCCSC(=S)SC(C)(C#N)CCC(=O)OCC(C)COC(=O)CCCCC(=O)N1CCSC1=S. The van der Waals surface area contributed by atoms with Gasteiger partial charge in [-0.3, -0.25) is 24.1 Å². The van der Waals surface area contributed by atoms with Gasteiger partial charge >= 0.3 is 17.9 Å². The van der Waals surface area contributed by atoms with Crippen molar-refractivity contribution in [2.75, 3.05) is 43.6 Å². The molecule has 1 aliphatic heterocycles. The van der Waals surface area contributed by atoms with E-state index in [0.717, 1.165) is 11.5 Å². The molecule has 1 fully saturated rings. The van der Waals surface area contributed by atoms with Gasteiger partial charge in [-0.1, -0.05) is 85.8 Å². The molecule has 3 unspecified atom stereocenters. The zero-order chi connectivity index (χ0) is 37.6. The molecule has 0 N–H and O–H groups in total. The molecular formula is C32H45N3O7S8. The fourth-order valence-electron chi connectivity index (χ4n) is 3.92. The van der Waals surface area contributed by atoms with E-state index in [0.29, 0.717) is 55.8 Å². The first kappa shape index (κ1) is 46.9. The Kier molecular flexibility index (Phi) is 24.2. The van der Waals surface area contributed by atoms with E-state index in [1.807, 2.05) is 6.92 Å². The summed E-state index contributed by atoms with van der Waals surface area (Å²) >= 11 is 22.8. The lowest BCUT2D eigenvalue weighted by atomic mass is 10.1. The van der Waals surface area contributed by atoms with Gasteiger partial charge in [0.05, 0.1) is 32.0 Å². The second-order valence-electron chi connectivity index (χ2n) is 11.6. The molecule has 18 heteroatoms. The quantitative estimate of drug-likeness (QED) is 0.0453. The van der Waals surface area contributed by atoms with Gasteiger partial charge in [0.25, 0.3) is 0 Å². The Labute approximate surface area is 333 Å². The monoisotopic (exact) mass is 839 g/mol. The Morgan fingerprint density at radius 2 is 1.38 bits per heavy atom. The van der Waals surface area contributed by atoms with E-state index in [-0.39, 0.29) is 69.3 Å². The molecule has 0 radical (unpaired) electrons. The van der Waals surface area contributed by atoms with Gasteiger partial charge in [-0.15, -0.1) is 23.5 Å². The summed E-state index contributed by atoms with van der Waals surface area (Å²) in [5, 5.41) is 19.3. The number of nitriles is 2. The fraction of sp³-hybridized carbons (Fsp3) is 0.719. The smallest absolute Gasteiger partial charge is 0.305 e. The molecule has 1 heterocycles. The number of unbranched alkanes of at least 4 members (excludes halogenated alkanes) is 1. The zero-order valence-electron chi connectivity index (χ0n) is 28.9. The minimum Gasteiger partial charge on any atom is -0.466 e. The molecule has 50 heavy (non-hydrogen) atoms. The first-order chi connectivity index (χ1) is 23.7. The van der Waals surface area contributed by atoms with Gasteiger partial charge in [0.1, 0.15) is 20.9 Å². The number of carbonyl (C=O) groups excluding carboxylic acids is 4. The molecule has 0 saturated carbocycles. The van der Waals surface area contributed by atoms with Crippen LogP contribution < -0.4 is 0 Å². The molecule has 0 aliphatic carbocycles. The van der Waals surface area contributed by atoms with E-state index >= 15 is 0 Å². The Balaban J connectivity index is 2.21. The highest BCUT2D eigenvalue weighted by atomic mass is 32.2. The summed E-state index contributed by atoms with van der Waals surface area (Å²) < 4.78 is 16.1. The van der Waals surface area contributed by atoms with E-state index in [1.54, 1.807) is 25.7 Å². The largest absolute Gasteiger partial charge is 0.466 e. The van der Waals surface area contributed by atoms with Crippen LogP contribution in [0.1, 0.15) is 85.5 Å². The van der Waals surface area contributed by atoms with Crippen LogP contribution in [-0.4, -0.2) is 93.2 Å². The number of carbonyl (C=O) groups is 4. The first-order valence-electron chi connectivity index (χ1n) is 16.1. The molecule has 0 aromatic heterocycles. The average Bonchev–Trinajstić information content (AvgIpc) is 3.52. The van der Waals surface area contributed by atoms with Crippen molar-refractivity contribution in [1.82, 2.24) is 4.90 Å². The highest BCUT2D eigenvalue weighted by molar-refractivity contribution is 8.48. The van der Waals surface area contributed by atoms with Gasteiger partial charge in [-0.25, -0.2) is 0 Å². The molecule has 3 atom stereocenters. The van der Waals surface area contributed by atoms with Gasteiger partial charge in [0, 0.05) is 49.7 Å². The van der Waals surface area contributed by atoms with E-state index in [1.165, 1.54) is 58.8 Å². The minimum atomic E-state index is -0.927. The summed E-state index contributed by atoms with van der Waals surface area (Å²) in [6.07, 6.45) is 2.94. The standard InChI is InChI=1S/C32H45N3O7S8/c1-5-46-29(44)49-31(3,21-33)13-11-26(38)40-16-8-17-48-30(45)50-32(4,22-34)14-12-27(39)42-20-23(2)19-41-25(37)10-7-6-9-24(36)35-15-18-47-28(35)43/h23H,5-20H2,1-4H3. The normalized spacial score (nSPS) is 15.5. The Morgan fingerprint density at radius 3 is 1.90 bits per heavy atom. The Morgan fingerprint density at radius 1 is 0.860 bits per heavy atom. The van der Waals surface area contributed by atoms with Crippen LogP contribution in [0.15, 0.2) is 0 Å². The molecule has 1 amide bonds. The molecule has 1 aliphatic rings. The summed E-state index contributed by atoms with van der Waals surface area (Å²) in [6.45, 7) is 8.32. The molecule has 0 aromatic rings. The zero-order valence-corrected chi connectivity index (χ0v) is 35.4. The highest BCUT2D eigenvalue weighted by Crippen LogP contribution is 2.36. The lowest BCUT2D eigenvalue weighted by Gasteiger charge is -2.21. The Bertz CT molecular complexity index is 1290. The van der Waals surface area contributed by atoms with Crippen molar-refractivity contribution >= 4 is 131 Å². The first-order valence-corrected chi connectivity index (χ1v) is 21.9. The number of thiocarbonyl (C=S) groups is 3. The van der Waals surface area contributed by atoms with Gasteiger partial charge in [0.2, 0.25) is 5.91 Å². The minimum absolute atomic E-state index is 0.0110. The molecule has 1 rings (SSSR count). The number of amides is 1.